The smallest absolute Gasteiger partial charge is 0.374 e. The molecule has 0 aromatic carbocycles. The van der Waals surface area contributed by atoms with Crippen LogP contribution in [0.3, 0.4) is 0 Å². The van der Waals surface area contributed by atoms with Gasteiger partial charge in [-0.1, -0.05) is 12.1 Å². The molecular weight excluding hydrogens is 300 g/mol. The summed E-state index contributed by atoms with van der Waals surface area (Å²) in [4.78, 5) is 16.1. The van der Waals surface area contributed by atoms with Crippen LogP contribution in [0.4, 0.5) is 0 Å². The Balaban J connectivity index is 1.54. The van der Waals surface area contributed by atoms with Gasteiger partial charge in [0.15, 0.2) is 12.4 Å². The second-order valence-electron chi connectivity index (χ2n) is 4.90. The second kappa shape index (κ2) is 6.91. The highest BCUT2D eigenvalue weighted by Crippen LogP contribution is 2.12. The van der Waals surface area contributed by atoms with Crippen LogP contribution in [-0.4, -0.2) is 25.9 Å². The maximum Gasteiger partial charge on any atom is 0.374 e. The Labute approximate surface area is 132 Å². The molecule has 0 saturated heterocycles. The average molecular weight is 316 g/mol. The summed E-state index contributed by atoms with van der Waals surface area (Å²) in [7, 11) is 0. The van der Waals surface area contributed by atoms with Crippen molar-refractivity contribution in [3.63, 3.8) is 0 Å². The van der Waals surface area contributed by atoms with Gasteiger partial charge in [-0.05, 0) is 24.6 Å². The molecule has 0 saturated carbocycles. The summed E-state index contributed by atoms with van der Waals surface area (Å²) < 4.78 is 17.2. The van der Waals surface area contributed by atoms with E-state index in [1.165, 1.54) is 0 Å². The molecule has 0 aliphatic heterocycles. The number of hydrogen-bond donors (Lipinski definition) is 0. The molecule has 3 aromatic rings. The molecule has 0 atom stereocenters. The Hall–Kier alpha value is -2.90. The molecule has 0 fully saturated rings. The lowest BCUT2D eigenvalue weighted by atomic mass is 10.3. The molecule has 0 bridgehead atoms. The minimum absolute atomic E-state index is 0.0786. The number of aromatic nitrogens is 4. The molecule has 3 aromatic heterocycles. The van der Waals surface area contributed by atoms with Gasteiger partial charge in [-0.15, -0.1) is 0 Å². The molecular formula is C15H16N4O4. The number of carbonyl (C=O) groups is 1. The Morgan fingerprint density at radius 2 is 2.30 bits per heavy atom. The topological polar surface area (TPSA) is 96.2 Å². The molecule has 0 radical (unpaired) electrons. The zero-order chi connectivity index (χ0) is 16.1. The van der Waals surface area contributed by atoms with E-state index < -0.39 is 5.97 Å². The Morgan fingerprint density at radius 1 is 1.39 bits per heavy atom. The van der Waals surface area contributed by atoms with E-state index in [1.807, 2.05) is 19.2 Å². The number of rotatable bonds is 7. The van der Waals surface area contributed by atoms with Crippen LogP contribution in [0.25, 0.3) is 0 Å². The first-order valence-corrected chi connectivity index (χ1v) is 7.29. The lowest BCUT2D eigenvalue weighted by molar-refractivity contribution is 0.0391. The van der Waals surface area contributed by atoms with Gasteiger partial charge >= 0.3 is 5.97 Å². The van der Waals surface area contributed by atoms with E-state index in [0.29, 0.717) is 18.1 Å². The summed E-state index contributed by atoms with van der Waals surface area (Å²) >= 11 is 0. The van der Waals surface area contributed by atoms with Crippen molar-refractivity contribution in [3.05, 3.63) is 53.8 Å². The molecule has 8 nitrogen and oxygen atoms in total. The van der Waals surface area contributed by atoms with Gasteiger partial charge in [-0.2, -0.15) is 10.1 Å². The average Bonchev–Trinajstić information content (AvgIpc) is 3.27. The standard InChI is InChI=1S/C15H16N4O4/c1-2-4-13-17-14(23-18-13)10-21-15(20)12-6-5-11(22-12)9-19-8-3-7-16-19/h3,5-8H,2,4,9-10H2,1H3. The fourth-order valence-corrected chi connectivity index (χ4v) is 2.00. The third-order valence-corrected chi connectivity index (χ3v) is 3.05. The van der Waals surface area contributed by atoms with Crippen LogP contribution in [0.5, 0.6) is 0 Å². The van der Waals surface area contributed by atoms with E-state index in [-0.39, 0.29) is 18.3 Å². The summed E-state index contributed by atoms with van der Waals surface area (Å²) in [5, 5.41) is 7.86. The highest BCUT2D eigenvalue weighted by Gasteiger charge is 2.15. The summed E-state index contributed by atoms with van der Waals surface area (Å²) in [6, 6.07) is 5.09. The van der Waals surface area contributed by atoms with Crippen molar-refractivity contribution in [1.82, 2.24) is 19.9 Å². The van der Waals surface area contributed by atoms with Crippen molar-refractivity contribution in [2.45, 2.75) is 32.9 Å². The maximum atomic E-state index is 11.9. The van der Waals surface area contributed by atoms with E-state index >= 15 is 0 Å². The Bertz CT molecular complexity index is 760. The molecule has 0 aliphatic carbocycles. The van der Waals surface area contributed by atoms with Gasteiger partial charge in [0.05, 0.1) is 6.54 Å². The van der Waals surface area contributed by atoms with Crippen LogP contribution in [0.2, 0.25) is 0 Å². The minimum atomic E-state index is -0.577. The maximum absolute atomic E-state index is 11.9. The summed E-state index contributed by atoms with van der Waals surface area (Å²) in [5.74, 6) is 1.04. The number of aryl methyl sites for hydroxylation is 1. The zero-order valence-electron chi connectivity index (χ0n) is 12.6. The van der Waals surface area contributed by atoms with Crippen molar-refractivity contribution in [2.24, 2.45) is 0 Å². The van der Waals surface area contributed by atoms with Crippen LogP contribution in [0.15, 0.2) is 39.5 Å². The molecule has 0 spiro atoms. The zero-order valence-corrected chi connectivity index (χ0v) is 12.6. The SMILES string of the molecule is CCCc1noc(COC(=O)c2ccc(Cn3cccn3)o2)n1. The predicted molar refractivity (Wildman–Crippen MR) is 77.4 cm³/mol. The normalized spacial score (nSPS) is 10.8. The number of nitrogens with zero attached hydrogens (tertiary/aromatic N) is 4. The van der Waals surface area contributed by atoms with Crippen molar-refractivity contribution < 1.29 is 18.5 Å². The van der Waals surface area contributed by atoms with Gasteiger partial charge in [-0.25, -0.2) is 4.79 Å². The first-order valence-electron chi connectivity index (χ1n) is 7.29. The van der Waals surface area contributed by atoms with Crippen LogP contribution in [-0.2, 0) is 24.3 Å². The second-order valence-corrected chi connectivity index (χ2v) is 4.90. The van der Waals surface area contributed by atoms with E-state index in [1.54, 1.807) is 23.0 Å². The fourth-order valence-electron chi connectivity index (χ4n) is 2.00. The summed E-state index contributed by atoms with van der Waals surface area (Å²) in [5.41, 5.74) is 0. The van der Waals surface area contributed by atoms with Gasteiger partial charge in [0.2, 0.25) is 5.76 Å². The van der Waals surface area contributed by atoms with Gasteiger partial charge in [0.1, 0.15) is 5.76 Å². The largest absolute Gasteiger partial charge is 0.452 e. The van der Waals surface area contributed by atoms with Gasteiger partial charge in [-0.3, -0.25) is 4.68 Å². The monoisotopic (exact) mass is 316 g/mol. The van der Waals surface area contributed by atoms with Crippen LogP contribution in [0.1, 0.15) is 41.4 Å². The molecule has 0 N–H and O–H groups in total. The number of esters is 1. The summed E-state index contributed by atoms with van der Waals surface area (Å²) in [6.45, 7) is 2.39. The fraction of sp³-hybridized carbons (Fsp3) is 0.333. The van der Waals surface area contributed by atoms with Crippen molar-refractivity contribution >= 4 is 5.97 Å². The lowest BCUT2D eigenvalue weighted by Gasteiger charge is -1.99. The predicted octanol–water partition coefficient (Wildman–Crippen LogP) is 2.22. The molecule has 3 rings (SSSR count). The van der Waals surface area contributed by atoms with E-state index in [2.05, 4.69) is 15.2 Å². The van der Waals surface area contributed by atoms with E-state index in [9.17, 15) is 4.79 Å². The van der Waals surface area contributed by atoms with Crippen molar-refractivity contribution in [2.75, 3.05) is 0 Å². The van der Waals surface area contributed by atoms with Crippen molar-refractivity contribution in [1.29, 1.82) is 0 Å². The molecule has 0 unspecified atom stereocenters. The molecule has 0 amide bonds. The third kappa shape index (κ3) is 3.85. The van der Waals surface area contributed by atoms with Crippen molar-refractivity contribution in [3.8, 4) is 0 Å². The third-order valence-electron chi connectivity index (χ3n) is 3.05. The number of carbonyl (C=O) groups excluding carboxylic acids is 1. The Morgan fingerprint density at radius 3 is 3.09 bits per heavy atom. The first kappa shape index (κ1) is 15.0. The van der Waals surface area contributed by atoms with Gasteiger partial charge < -0.3 is 13.7 Å². The molecule has 8 heteroatoms. The van der Waals surface area contributed by atoms with Crippen LogP contribution in [0, 0.1) is 0 Å². The van der Waals surface area contributed by atoms with E-state index in [0.717, 1.165) is 12.8 Å². The molecule has 3 heterocycles. The molecule has 0 aliphatic rings. The number of ether oxygens (including phenoxy) is 1. The quantitative estimate of drug-likeness (QED) is 0.616. The first-order chi connectivity index (χ1) is 11.2. The highest BCUT2D eigenvalue weighted by molar-refractivity contribution is 5.86. The molecule has 120 valence electrons. The summed E-state index contributed by atoms with van der Waals surface area (Å²) in [6.07, 6.45) is 5.13. The lowest BCUT2D eigenvalue weighted by Crippen LogP contribution is -2.04. The number of hydrogen-bond acceptors (Lipinski definition) is 7. The highest BCUT2D eigenvalue weighted by atomic mass is 16.6. The van der Waals surface area contributed by atoms with Gasteiger partial charge in [0.25, 0.3) is 5.89 Å². The Kier molecular flexibility index (Phi) is 4.51. The van der Waals surface area contributed by atoms with Gasteiger partial charge in [0, 0.05) is 18.8 Å². The molecule has 23 heavy (non-hydrogen) atoms. The van der Waals surface area contributed by atoms with E-state index in [4.69, 9.17) is 13.7 Å². The van der Waals surface area contributed by atoms with Crippen LogP contribution < -0.4 is 0 Å². The van der Waals surface area contributed by atoms with Crippen LogP contribution >= 0.6 is 0 Å². The number of furan rings is 1. The minimum Gasteiger partial charge on any atom is -0.452 e.